The highest BCUT2D eigenvalue weighted by Gasteiger charge is 2.33. The Morgan fingerprint density at radius 2 is 1.90 bits per heavy atom. The molecule has 0 spiro atoms. The second-order valence-corrected chi connectivity index (χ2v) is 7.09. The highest BCUT2D eigenvalue weighted by Crippen LogP contribution is 2.36. The van der Waals surface area contributed by atoms with E-state index < -0.39 is 35.1 Å². The molecule has 162 valence electrons. The van der Waals surface area contributed by atoms with E-state index in [9.17, 15) is 22.8 Å². The van der Waals surface area contributed by atoms with E-state index in [2.05, 4.69) is 10.3 Å². The molecule has 0 atom stereocenters. The van der Waals surface area contributed by atoms with Crippen LogP contribution in [0.15, 0.2) is 59.3 Å². The smallest absolute Gasteiger partial charge is 0.417 e. The van der Waals surface area contributed by atoms with Crippen molar-refractivity contribution in [1.29, 1.82) is 0 Å². The second kappa shape index (κ2) is 9.40. The number of rotatable bonds is 6. The van der Waals surface area contributed by atoms with Gasteiger partial charge in [-0.05, 0) is 42.5 Å². The lowest BCUT2D eigenvalue weighted by Crippen LogP contribution is -2.37. The van der Waals surface area contributed by atoms with Crippen LogP contribution in [-0.2, 0) is 17.5 Å². The quantitative estimate of drug-likeness (QED) is 0.496. The maximum absolute atomic E-state index is 13.0. The van der Waals surface area contributed by atoms with Crippen molar-refractivity contribution in [2.24, 2.45) is 0 Å². The number of nitrogens with zero attached hydrogens (tertiary/aromatic N) is 2. The Kier molecular flexibility index (Phi) is 6.87. The highest BCUT2D eigenvalue weighted by molar-refractivity contribution is 6.32. The third-order valence-corrected chi connectivity index (χ3v) is 4.72. The molecule has 2 aromatic heterocycles. The number of pyridine rings is 1. The fraction of sp³-hybridized carbons (Fsp3) is 0.150. The van der Waals surface area contributed by atoms with Gasteiger partial charge in [-0.1, -0.05) is 23.2 Å². The zero-order chi connectivity index (χ0) is 22.6. The van der Waals surface area contributed by atoms with E-state index in [1.807, 2.05) is 0 Å². The number of nitrogens with one attached hydrogen (secondary N) is 1. The molecule has 0 aliphatic heterocycles. The van der Waals surface area contributed by atoms with Crippen molar-refractivity contribution in [2.75, 3.05) is 11.9 Å². The monoisotopic (exact) mass is 471 g/mol. The molecule has 0 bridgehead atoms. The summed E-state index contributed by atoms with van der Waals surface area (Å²) in [6.45, 7) is -0.548. The molecule has 3 aromatic rings. The molecule has 6 nitrogen and oxygen atoms in total. The van der Waals surface area contributed by atoms with Crippen LogP contribution in [0.4, 0.5) is 18.9 Å². The van der Waals surface area contributed by atoms with Crippen LogP contribution < -0.4 is 5.32 Å². The van der Waals surface area contributed by atoms with Gasteiger partial charge in [0, 0.05) is 11.9 Å². The first kappa shape index (κ1) is 22.6. The predicted molar refractivity (Wildman–Crippen MR) is 108 cm³/mol. The Hall–Kier alpha value is -3.04. The van der Waals surface area contributed by atoms with Crippen LogP contribution in [0.5, 0.6) is 0 Å². The summed E-state index contributed by atoms with van der Waals surface area (Å²) in [5.74, 6) is -0.931. The number of carbonyl (C=O) groups is 2. The summed E-state index contributed by atoms with van der Waals surface area (Å²) in [6.07, 6.45) is -1.88. The largest absolute Gasteiger partial charge is 0.467 e. The van der Waals surface area contributed by atoms with Gasteiger partial charge in [-0.3, -0.25) is 9.59 Å². The van der Waals surface area contributed by atoms with Gasteiger partial charge >= 0.3 is 6.18 Å². The van der Waals surface area contributed by atoms with E-state index in [4.69, 9.17) is 27.6 Å². The summed E-state index contributed by atoms with van der Waals surface area (Å²) in [5, 5.41) is 1.80. The maximum atomic E-state index is 13.0. The average molecular weight is 472 g/mol. The number of anilines is 1. The van der Waals surface area contributed by atoms with Gasteiger partial charge < -0.3 is 14.6 Å². The van der Waals surface area contributed by atoms with E-state index in [0.29, 0.717) is 5.76 Å². The van der Waals surface area contributed by atoms with Gasteiger partial charge in [0.15, 0.2) is 0 Å². The summed E-state index contributed by atoms with van der Waals surface area (Å²) in [5.41, 5.74) is -1.14. The molecule has 0 aliphatic carbocycles. The lowest BCUT2D eigenvalue weighted by atomic mass is 10.2. The van der Waals surface area contributed by atoms with Crippen LogP contribution in [0, 0.1) is 0 Å². The molecule has 0 saturated heterocycles. The van der Waals surface area contributed by atoms with Gasteiger partial charge in [-0.2, -0.15) is 13.2 Å². The Bertz CT molecular complexity index is 1090. The van der Waals surface area contributed by atoms with Crippen LogP contribution in [0.25, 0.3) is 0 Å². The first-order chi connectivity index (χ1) is 14.6. The standard InChI is InChI=1S/C20H14Cl2F3N3O3/c21-16-6-5-12(9-15(16)20(23,24)25)27-17(29)11-28(10-13-3-2-8-31-13)19(30)14-4-1-7-26-18(14)22/h1-9H,10-11H2,(H,27,29). The summed E-state index contributed by atoms with van der Waals surface area (Å²) >= 11 is 11.6. The zero-order valence-electron chi connectivity index (χ0n) is 15.6. The number of halogens is 5. The number of aromatic nitrogens is 1. The Morgan fingerprint density at radius 1 is 1.13 bits per heavy atom. The molecule has 3 rings (SSSR count). The molecule has 31 heavy (non-hydrogen) atoms. The molecule has 1 aromatic carbocycles. The molecule has 2 amide bonds. The summed E-state index contributed by atoms with van der Waals surface area (Å²) in [7, 11) is 0. The predicted octanol–water partition coefficient (Wildman–Crippen LogP) is 5.28. The van der Waals surface area contributed by atoms with Gasteiger partial charge in [0.25, 0.3) is 5.91 Å². The van der Waals surface area contributed by atoms with Crippen LogP contribution in [0.1, 0.15) is 21.7 Å². The zero-order valence-corrected chi connectivity index (χ0v) is 17.1. The molecule has 2 heterocycles. The van der Waals surface area contributed by atoms with Crippen LogP contribution in [0.2, 0.25) is 10.2 Å². The minimum Gasteiger partial charge on any atom is -0.467 e. The van der Waals surface area contributed by atoms with Crippen molar-refractivity contribution < 1.29 is 27.2 Å². The molecule has 0 fully saturated rings. The maximum Gasteiger partial charge on any atom is 0.417 e. The molecule has 0 radical (unpaired) electrons. The normalized spacial score (nSPS) is 11.3. The number of hydrogen-bond donors (Lipinski definition) is 1. The van der Waals surface area contributed by atoms with Gasteiger partial charge in [-0.25, -0.2) is 4.98 Å². The molecule has 1 N–H and O–H groups in total. The van der Waals surface area contributed by atoms with Crippen molar-refractivity contribution in [3.8, 4) is 0 Å². The fourth-order valence-corrected chi connectivity index (χ4v) is 3.13. The van der Waals surface area contributed by atoms with Crippen LogP contribution in [-0.4, -0.2) is 28.2 Å². The fourth-order valence-electron chi connectivity index (χ4n) is 2.70. The molecule has 0 aliphatic rings. The minimum atomic E-state index is -4.68. The first-order valence-electron chi connectivity index (χ1n) is 8.74. The van der Waals surface area contributed by atoms with Crippen molar-refractivity contribution in [2.45, 2.75) is 12.7 Å². The Labute approximate surface area is 184 Å². The number of carbonyl (C=O) groups excluding carboxylic acids is 2. The van der Waals surface area contributed by atoms with E-state index in [1.165, 1.54) is 30.7 Å². The Morgan fingerprint density at radius 3 is 2.55 bits per heavy atom. The van der Waals surface area contributed by atoms with E-state index >= 15 is 0 Å². The van der Waals surface area contributed by atoms with Crippen molar-refractivity contribution >= 4 is 40.7 Å². The first-order valence-corrected chi connectivity index (χ1v) is 9.49. The van der Waals surface area contributed by atoms with Gasteiger partial charge in [-0.15, -0.1) is 0 Å². The van der Waals surface area contributed by atoms with E-state index in [-0.39, 0.29) is 22.9 Å². The number of benzene rings is 1. The third-order valence-electron chi connectivity index (χ3n) is 4.09. The van der Waals surface area contributed by atoms with Crippen molar-refractivity contribution in [3.05, 3.63) is 82.0 Å². The topological polar surface area (TPSA) is 75.4 Å². The summed E-state index contributed by atoms with van der Waals surface area (Å²) in [6, 6.07) is 9.15. The molecular weight excluding hydrogens is 458 g/mol. The van der Waals surface area contributed by atoms with Gasteiger partial charge in [0.2, 0.25) is 5.91 Å². The van der Waals surface area contributed by atoms with Crippen molar-refractivity contribution in [1.82, 2.24) is 9.88 Å². The number of amides is 2. The van der Waals surface area contributed by atoms with Crippen molar-refractivity contribution in [3.63, 3.8) is 0 Å². The molecular formula is C20H14Cl2F3N3O3. The number of furan rings is 1. The van der Waals surface area contributed by atoms with Gasteiger partial charge in [0.1, 0.15) is 17.5 Å². The van der Waals surface area contributed by atoms with E-state index in [1.54, 1.807) is 12.1 Å². The molecule has 0 saturated carbocycles. The lowest BCUT2D eigenvalue weighted by Gasteiger charge is -2.22. The average Bonchev–Trinajstić information content (AvgIpc) is 3.21. The van der Waals surface area contributed by atoms with Crippen LogP contribution >= 0.6 is 23.2 Å². The number of alkyl halides is 3. The third kappa shape index (κ3) is 5.77. The molecule has 11 heteroatoms. The minimum absolute atomic E-state index is 0.0510. The highest BCUT2D eigenvalue weighted by atomic mass is 35.5. The van der Waals surface area contributed by atoms with E-state index in [0.717, 1.165) is 17.0 Å². The second-order valence-electron chi connectivity index (χ2n) is 6.32. The summed E-state index contributed by atoms with van der Waals surface area (Å²) < 4.78 is 44.4. The number of hydrogen-bond acceptors (Lipinski definition) is 4. The van der Waals surface area contributed by atoms with Gasteiger partial charge in [0.05, 0.1) is 29.0 Å². The Balaban J connectivity index is 1.80. The van der Waals surface area contributed by atoms with Crippen LogP contribution in [0.3, 0.4) is 0 Å². The summed E-state index contributed by atoms with van der Waals surface area (Å²) in [4.78, 5) is 30.4. The lowest BCUT2D eigenvalue weighted by molar-refractivity contribution is -0.137. The SMILES string of the molecule is O=C(CN(Cc1ccco1)C(=O)c1cccnc1Cl)Nc1ccc(Cl)c(C(F)(F)F)c1. The molecule has 0 unspecified atom stereocenters.